The second-order valence-corrected chi connectivity index (χ2v) is 5.78. The highest BCUT2D eigenvalue weighted by molar-refractivity contribution is 7.89. The summed E-state index contributed by atoms with van der Waals surface area (Å²) in [6, 6.07) is 3.46. The van der Waals surface area contributed by atoms with Gasteiger partial charge in [-0.05, 0) is 32.1 Å². The Bertz CT molecular complexity index is 527. The first kappa shape index (κ1) is 13.5. The summed E-state index contributed by atoms with van der Waals surface area (Å²) in [7, 11) is -2.26. The van der Waals surface area contributed by atoms with E-state index in [9.17, 15) is 13.2 Å². The molecule has 0 saturated carbocycles. The van der Waals surface area contributed by atoms with Gasteiger partial charge in [-0.2, -0.15) is 0 Å². The van der Waals surface area contributed by atoms with Gasteiger partial charge in [0.1, 0.15) is 11.5 Å². The van der Waals surface area contributed by atoms with Gasteiger partial charge in [0.25, 0.3) is 5.91 Å². The number of rotatable bonds is 4. The minimum Gasteiger partial charge on any atom is -0.462 e. The Morgan fingerprint density at radius 1 is 1.47 bits per heavy atom. The van der Waals surface area contributed by atoms with Gasteiger partial charge in [-0.25, -0.2) is 12.7 Å². The van der Waals surface area contributed by atoms with Crippen molar-refractivity contribution in [1.29, 1.82) is 0 Å². The third-order valence-electron chi connectivity index (χ3n) is 2.24. The van der Waals surface area contributed by atoms with Crippen LogP contribution in [0.5, 0.6) is 0 Å². The van der Waals surface area contributed by atoms with Gasteiger partial charge in [0.2, 0.25) is 10.0 Å². The molecule has 6 heteroatoms. The zero-order chi connectivity index (χ0) is 13.1. The van der Waals surface area contributed by atoms with Crippen molar-refractivity contribution in [3.8, 4) is 0 Å². The topological polar surface area (TPSA) is 67.6 Å². The maximum Gasteiger partial charge on any atom is 0.259 e. The van der Waals surface area contributed by atoms with Gasteiger partial charge in [0.15, 0.2) is 0 Å². The van der Waals surface area contributed by atoms with Gasteiger partial charge in [-0.3, -0.25) is 4.79 Å². The van der Waals surface area contributed by atoms with Crippen LogP contribution in [0, 0.1) is 6.92 Å². The Balaban J connectivity index is 2.76. The van der Waals surface area contributed by atoms with E-state index in [0.717, 1.165) is 10.1 Å². The summed E-state index contributed by atoms with van der Waals surface area (Å²) >= 11 is 0. The molecule has 0 fully saturated rings. The first-order valence-electron chi connectivity index (χ1n) is 5.12. The predicted molar refractivity (Wildman–Crippen MR) is 64.7 cm³/mol. The van der Waals surface area contributed by atoms with Crippen LogP contribution in [-0.2, 0) is 14.8 Å². The van der Waals surface area contributed by atoms with Gasteiger partial charge in [0, 0.05) is 13.1 Å². The van der Waals surface area contributed by atoms with Crippen LogP contribution in [0.3, 0.4) is 0 Å². The largest absolute Gasteiger partial charge is 0.462 e. The van der Waals surface area contributed by atoms with Gasteiger partial charge in [-0.15, -0.1) is 0 Å². The fourth-order valence-electron chi connectivity index (χ4n) is 1.13. The minimum atomic E-state index is -3.49. The first-order chi connectivity index (χ1) is 7.86. The number of hydrogen-bond acceptors (Lipinski definition) is 4. The van der Waals surface area contributed by atoms with Crippen LogP contribution in [0.15, 0.2) is 22.6 Å². The number of aryl methyl sites for hydroxylation is 1. The van der Waals surface area contributed by atoms with Crippen molar-refractivity contribution in [2.45, 2.75) is 13.8 Å². The highest BCUT2D eigenvalue weighted by atomic mass is 32.2. The van der Waals surface area contributed by atoms with Gasteiger partial charge in [0.05, 0.1) is 5.75 Å². The number of carbonyl (C=O) groups excluding carboxylic acids is 1. The van der Waals surface area contributed by atoms with Gasteiger partial charge < -0.3 is 4.42 Å². The molecule has 1 aromatic rings. The Morgan fingerprint density at radius 3 is 2.59 bits per heavy atom. The van der Waals surface area contributed by atoms with Crippen molar-refractivity contribution in [3.63, 3.8) is 0 Å². The van der Waals surface area contributed by atoms with E-state index in [0.29, 0.717) is 5.76 Å². The van der Waals surface area contributed by atoms with Crippen LogP contribution < -0.4 is 0 Å². The van der Waals surface area contributed by atoms with E-state index in [-0.39, 0.29) is 5.75 Å². The highest BCUT2D eigenvalue weighted by Gasteiger charge is 2.18. The minimum absolute atomic E-state index is 0.108. The van der Waals surface area contributed by atoms with Crippen LogP contribution in [0.25, 0.3) is 6.08 Å². The standard InChI is InChI=1S/C11H15NO4S/c1-4-17(14,15)12(3)11(13)8-7-10-6-5-9(2)16-10/h5-8H,4H2,1-3H3. The number of nitrogens with zero attached hydrogens (tertiary/aromatic N) is 1. The van der Waals surface area contributed by atoms with E-state index in [4.69, 9.17) is 4.42 Å². The van der Waals surface area contributed by atoms with E-state index in [1.54, 1.807) is 19.1 Å². The van der Waals surface area contributed by atoms with E-state index < -0.39 is 15.9 Å². The van der Waals surface area contributed by atoms with Gasteiger partial charge in [-0.1, -0.05) is 0 Å². The van der Waals surface area contributed by atoms with Crippen molar-refractivity contribution >= 4 is 22.0 Å². The molecule has 1 heterocycles. The van der Waals surface area contributed by atoms with E-state index in [2.05, 4.69) is 0 Å². The van der Waals surface area contributed by atoms with Crippen molar-refractivity contribution in [2.75, 3.05) is 12.8 Å². The third-order valence-corrected chi connectivity index (χ3v) is 3.99. The molecule has 1 rings (SSSR count). The average molecular weight is 257 g/mol. The molecular weight excluding hydrogens is 242 g/mol. The van der Waals surface area contributed by atoms with Crippen molar-refractivity contribution < 1.29 is 17.6 Å². The van der Waals surface area contributed by atoms with Crippen LogP contribution in [-0.4, -0.2) is 31.4 Å². The van der Waals surface area contributed by atoms with E-state index >= 15 is 0 Å². The molecule has 0 radical (unpaired) electrons. The summed E-state index contributed by atoms with van der Waals surface area (Å²) in [6.07, 6.45) is 2.61. The number of likely N-dealkylation sites (N-methyl/N-ethyl adjacent to an activating group) is 1. The molecule has 94 valence electrons. The SMILES string of the molecule is CCS(=O)(=O)N(C)C(=O)C=Cc1ccc(C)o1. The monoisotopic (exact) mass is 257 g/mol. The Labute approximate surface area is 101 Å². The summed E-state index contributed by atoms with van der Waals surface area (Å²) in [5.74, 6) is 0.536. The molecule has 0 unspecified atom stereocenters. The molecule has 0 aliphatic carbocycles. The van der Waals surface area contributed by atoms with Crippen molar-refractivity contribution in [2.24, 2.45) is 0 Å². The predicted octanol–water partition coefficient (Wildman–Crippen LogP) is 1.41. The Kier molecular flexibility index (Phi) is 4.11. The third kappa shape index (κ3) is 3.45. The van der Waals surface area contributed by atoms with Crippen LogP contribution in [0.1, 0.15) is 18.4 Å². The molecule has 1 amide bonds. The lowest BCUT2D eigenvalue weighted by Gasteiger charge is -2.13. The fourth-order valence-corrected chi connectivity index (χ4v) is 1.85. The Morgan fingerprint density at radius 2 is 2.12 bits per heavy atom. The quantitative estimate of drug-likeness (QED) is 0.765. The van der Waals surface area contributed by atoms with Gasteiger partial charge >= 0.3 is 0 Å². The maximum atomic E-state index is 11.5. The first-order valence-corrected chi connectivity index (χ1v) is 6.73. The second kappa shape index (κ2) is 5.18. The zero-order valence-electron chi connectivity index (χ0n) is 10.0. The maximum absolute atomic E-state index is 11.5. The lowest BCUT2D eigenvalue weighted by Crippen LogP contribution is -2.32. The number of furan rings is 1. The molecule has 0 N–H and O–H groups in total. The lowest BCUT2D eigenvalue weighted by molar-refractivity contribution is -0.120. The molecule has 17 heavy (non-hydrogen) atoms. The van der Waals surface area contributed by atoms with E-state index in [1.807, 2.05) is 0 Å². The van der Waals surface area contributed by atoms with Crippen LogP contribution >= 0.6 is 0 Å². The highest BCUT2D eigenvalue weighted by Crippen LogP contribution is 2.08. The molecule has 0 atom stereocenters. The normalized spacial score (nSPS) is 11.9. The Hall–Kier alpha value is -1.56. The molecule has 0 aliphatic heterocycles. The summed E-state index contributed by atoms with van der Waals surface area (Å²) in [6.45, 7) is 3.27. The smallest absolute Gasteiger partial charge is 0.259 e. The zero-order valence-corrected chi connectivity index (χ0v) is 10.8. The molecular formula is C11H15NO4S. The van der Waals surface area contributed by atoms with Crippen LogP contribution in [0.2, 0.25) is 0 Å². The molecule has 0 spiro atoms. The summed E-state index contributed by atoms with van der Waals surface area (Å²) in [5, 5.41) is 0. The van der Waals surface area contributed by atoms with Crippen LogP contribution in [0.4, 0.5) is 0 Å². The second-order valence-electron chi connectivity index (χ2n) is 3.49. The molecule has 0 aliphatic rings. The molecule has 0 bridgehead atoms. The number of hydrogen-bond donors (Lipinski definition) is 0. The summed E-state index contributed by atoms with van der Waals surface area (Å²) in [4.78, 5) is 11.5. The summed E-state index contributed by atoms with van der Waals surface area (Å²) in [5.41, 5.74) is 0. The number of carbonyl (C=O) groups is 1. The molecule has 0 aromatic carbocycles. The fraction of sp³-hybridized carbons (Fsp3) is 0.364. The van der Waals surface area contributed by atoms with Crippen molar-refractivity contribution in [1.82, 2.24) is 4.31 Å². The number of sulfonamides is 1. The molecule has 5 nitrogen and oxygen atoms in total. The van der Waals surface area contributed by atoms with Crippen molar-refractivity contribution in [3.05, 3.63) is 29.7 Å². The number of amides is 1. The molecule has 1 aromatic heterocycles. The van der Waals surface area contributed by atoms with E-state index in [1.165, 1.54) is 26.1 Å². The molecule has 0 saturated heterocycles. The lowest BCUT2D eigenvalue weighted by atomic mass is 10.4. The summed E-state index contributed by atoms with van der Waals surface area (Å²) < 4.78 is 28.7. The average Bonchev–Trinajstić information content (AvgIpc) is 2.71.